The second-order valence-corrected chi connectivity index (χ2v) is 7.23. The van der Waals surface area contributed by atoms with Crippen LogP contribution in [0, 0.1) is 0 Å². The van der Waals surface area contributed by atoms with Crippen molar-refractivity contribution in [2.75, 3.05) is 6.54 Å². The van der Waals surface area contributed by atoms with Gasteiger partial charge in [-0.1, -0.05) is 30.3 Å². The Morgan fingerprint density at radius 2 is 1.64 bits per heavy atom. The number of rotatable bonds is 8. The molecule has 3 amide bonds. The van der Waals surface area contributed by atoms with Crippen LogP contribution in [0.15, 0.2) is 30.3 Å². The SMILES string of the molecule is C[C@H](NC(=O)OC(C)(C)C)C(=O)N[C@H](Cc1ccccc1)C(=O)NCC(=O)O. The van der Waals surface area contributed by atoms with Crippen LogP contribution in [0.5, 0.6) is 0 Å². The quantitative estimate of drug-likeness (QED) is 0.517. The molecule has 0 heterocycles. The molecule has 0 bridgehead atoms. The maximum atomic E-state index is 12.4. The average Bonchev–Trinajstić information content (AvgIpc) is 2.58. The van der Waals surface area contributed by atoms with Crippen molar-refractivity contribution < 1.29 is 29.0 Å². The van der Waals surface area contributed by atoms with E-state index in [0.717, 1.165) is 5.56 Å². The van der Waals surface area contributed by atoms with Gasteiger partial charge in [-0.3, -0.25) is 14.4 Å². The van der Waals surface area contributed by atoms with Gasteiger partial charge in [0.1, 0.15) is 24.2 Å². The molecule has 0 saturated carbocycles. The van der Waals surface area contributed by atoms with Crippen molar-refractivity contribution in [1.29, 1.82) is 0 Å². The third-order valence-electron chi connectivity index (χ3n) is 3.46. The van der Waals surface area contributed by atoms with Gasteiger partial charge in [0.05, 0.1) is 0 Å². The number of carboxylic acid groups (broad SMARTS) is 1. The molecule has 0 spiro atoms. The zero-order valence-corrected chi connectivity index (χ0v) is 16.4. The summed E-state index contributed by atoms with van der Waals surface area (Å²) in [5.74, 6) is -2.43. The number of carbonyl (C=O) groups excluding carboxylic acids is 3. The van der Waals surface area contributed by atoms with Crippen LogP contribution < -0.4 is 16.0 Å². The van der Waals surface area contributed by atoms with E-state index in [1.54, 1.807) is 45.0 Å². The molecule has 1 aromatic rings. The lowest BCUT2D eigenvalue weighted by atomic mass is 10.0. The lowest BCUT2D eigenvalue weighted by molar-refractivity contribution is -0.138. The van der Waals surface area contributed by atoms with Gasteiger partial charge in [-0.2, -0.15) is 0 Å². The molecule has 0 radical (unpaired) electrons. The number of amides is 3. The Kier molecular flexibility index (Phi) is 8.43. The first-order valence-electron chi connectivity index (χ1n) is 8.81. The van der Waals surface area contributed by atoms with Crippen molar-refractivity contribution in [3.8, 4) is 0 Å². The van der Waals surface area contributed by atoms with Gasteiger partial charge in [-0.25, -0.2) is 4.79 Å². The predicted octanol–water partition coefficient (Wildman–Crippen LogP) is 0.828. The van der Waals surface area contributed by atoms with Crippen LogP contribution in [0.3, 0.4) is 0 Å². The lowest BCUT2D eigenvalue weighted by Crippen LogP contribution is -2.54. The maximum absolute atomic E-state index is 12.4. The van der Waals surface area contributed by atoms with Gasteiger partial charge in [0.2, 0.25) is 11.8 Å². The molecule has 2 atom stereocenters. The van der Waals surface area contributed by atoms with Crippen LogP contribution in [0.4, 0.5) is 4.79 Å². The van der Waals surface area contributed by atoms with Crippen LogP contribution in [-0.4, -0.2) is 53.2 Å². The topological polar surface area (TPSA) is 134 Å². The molecule has 9 nitrogen and oxygen atoms in total. The first kappa shape index (κ1) is 22.9. The zero-order valence-electron chi connectivity index (χ0n) is 16.4. The summed E-state index contributed by atoms with van der Waals surface area (Å²) < 4.78 is 5.10. The van der Waals surface area contributed by atoms with E-state index in [1.807, 2.05) is 6.07 Å². The van der Waals surface area contributed by atoms with Gasteiger partial charge in [-0.15, -0.1) is 0 Å². The van der Waals surface area contributed by atoms with Gasteiger partial charge in [0.25, 0.3) is 0 Å². The number of ether oxygens (including phenoxy) is 1. The molecule has 0 saturated heterocycles. The van der Waals surface area contributed by atoms with Crippen LogP contribution in [0.2, 0.25) is 0 Å². The Labute approximate surface area is 163 Å². The molecule has 0 fully saturated rings. The van der Waals surface area contributed by atoms with Crippen LogP contribution in [-0.2, 0) is 25.5 Å². The molecule has 0 unspecified atom stereocenters. The summed E-state index contributed by atoms with van der Waals surface area (Å²) in [7, 11) is 0. The number of carbonyl (C=O) groups is 4. The highest BCUT2D eigenvalue weighted by Gasteiger charge is 2.26. The van der Waals surface area contributed by atoms with Gasteiger partial charge in [-0.05, 0) is 33.3 Å². The molecule has 4 N–H and O–H groups in total. The van der Waals surface area contributed by atoms with Crippen molar-refractivity contribution in [2.45, 2.75) is 51.8 Å². The fourth-order valence-electron chi connectivity index (χ4n) is 2.19. The number of benzene rings is 1. The Morgan fingerprint density at radius 3 is 2.18 bits per heavy atom. The van der Waals surface area contributed by atoms with E-state index in [-0.39, 0.29) is 6.42 Å². The van der Waals surface area contributed by atoms with Crippen LogP contribution in [0.25, 0.3) is 0 Å². The number of hydrogen-bond donors (Lipinski definition) is 4. The normalized spacial score (nSPS) is 13.0. The first-order chi connectivity index (χ1) is 13.0. The summed E-state index contributed by atoms with van der Waals surface area (Å²) in [5.41, 5.74) is 0.0679. The molecule has 154 valence electrons. The molecule has 1 aromatic carbocycles. The van der Waals surface area contributed by atoms with E-state index in [1.165, 1.54) is 6.92 Å². The summed E-state index contributed by atoms with van der Waals surface area (Å²) >= 11 is 0. The van der Waals surface area contributed by atoms with Crippen LogP contribution >= 0.6 is 0 Å². The molecule has 1 rings (SSSR count). The van der Waals surface area contributed by atoms with E-state index in [0.29, 0.717) is 0 Å². The van der Waals surface area contributed by atoms with E-state index >= 15 is 0 Å². The molecule has 0 aliphatic heterocycles. The van der Waals surface area contributed by atoms with Gasteiger partial charge in [0.15, 0.2) is 0 Å². The lowest BCUT2D eigenvalue weighted by Gasteiger charge is -2.23. The highest BCUT2D eigenvalue weighted by Crippen LogP contribution is 2.07. The maximum Gasteiger partial charge on any atom is 0.408 e. The largest absolute Gasteiger partial charge is 0.480 e. The molecular formula is C19H27N3O6. The highest BCUT2D eigenvalue weighted by atomic mass is 16.6. The minimum Gasteiger partial charge on any atom is -0.480 e. The van der Waals surface area contributed by atoms with Crippen molar-refractivity contribution in [3.05, 3.63) is 35.9 Å². The third kappa shape index (κ3) is 9.02. The Bertz CT molecular complexity index is 699. The number of carboxylic acids is 1. The van der Waals surface area contributed by atoms with Gasteiger partial charge in [0, 0.05) is 6.42 Å². The number of nitrogens with one attached hydrogen (secondary N) is 3. The van der Waals surface area contributed by atoms with Crippen molar-refractivity contribution in [2.24, 2.45) is 0 Å². The molecule has 28 heavy (non-hydrogen) atoms. The van der Waals surface area contributed by atoms with Crippen molar-refractivity contribution in [1.82, 2.24) is 16.0 Å². The summed E-state index contributed by atoms with van der Waals surface area (Å²) in [5, 5.41) is 15.9. The summed E-state index contributed by atoms with van der Waals surface area (Å²) in [6.45, 7) is 5.97. The molecule has 0 aromatic heterocycles. The van der Waals surface area contributed by atoms with Crippen molar-refractivity contribution in [3.63, 3.8) is 0 Å². The minimum absolute atomic E-state index is 0.164. The average molecular weight is 393 g/mol. The van der Waals surface area contributed by atoms with Crippen LogP contribution in [0.1, 0.15) is 33.3 Å². The molecular weight excluding hydrogens is 366 g/mol. The predicted molar refractivity (Wildman–Crippen MR) is 102 cm³/mol. The number of hydrogen-bond acceptors (Lipinski definition) is 5. The van der Waals surface area contributed by atoms with Gasteiger partial charge >= 0.3 is 12.1 Å². The Balaban J connectivity index is 2.77. The molecule has 0 aliphatic rings. The Hall–Kier alpha value is -3.10. The Morgan fingerprint density at radius 1 is 1.04 bits per heavy atom. The minimum atomic E-state index is -1.20. The monoisotopic (exact) mass is 393 g/mol. The smallest absolute Gasteiger partial charge is 0.408 e. The van der Waals surface area contributed by atoms with E-state index in [9.17, 15) is 19.2 Å². The van der Waals surface area contributed by atoms with E-state index in [2.05, 4.69) is 16.0 Å². The second-order valence-electron chi connectivity index (χ2n) is 7.23. The van der Waals surface area contributed by atoms with E-state index < -0.39 is 48.1 Å². The third-order valence-corrected chi connectivity index (χ3v) is 3.46. The second kappa shape index (κ2) is 10.3. The zero-order chi connectivity index (χ0) is 21.3. The number of aliphatic carboxylic acids is 1. The molecule has 0 aliphatic carbocycles. The number of alkyl carbamates (subject to hydrolysis) is 1. The fourth-order valence-corrected chi connectivity index (χ4v) is 2.19. The summed E-state index contributed by atoms with van der Waals surface area (Å²) in [6.07, 6.45) is -0.595. The van der Waals surface area contributed by atoms with E-state index in [4.69, 9.17) is 9.84 Å². The standard InChI is InChI=1S/C19H27N3O6/c1-12(21-18(27)28-19(2,3)4)16(25)22-14(17(26)20-11-15(23)24)10-13-8-6-5-7-9-13/h5-9,12,14H,10-11H2,1-4H3,(H,20,26)(H,21,27)(H,22,25)(H,23,24)/t12-,14+/m0/s1. The summed E-state index contributed by atoms with van der Waals surface area (Å²) in [4.78, 5) is 47.2. The van der Waals surface area contributed by atoms with Crippen molar-refractivity contribution >= 4 is 23.9 Å². The highest BCUT2D eigenvalue weighted by molar-refractivity contribution is 5.92. The van der Waals surface area contributed by atoms with Gasteiger partial charge < -0.3 is 25.8 Å². The molecule has 9 heteroatoms. The summed E-state index contributed by atoms with van der Waals surface area (Å²) in [6, 6.07) is 7.00. The fraction of sp³-hybridized carbons (Fsp3) is 0.474. The first-order valence-corrected chi connectivity index (χ1v) is 8.81.